The van der Waals surface area contributed by atoms with E-state index < -0.39 is 0 Å². The molecular weight excluding hydrogens is 205 g/mol. The first-order valence-electron chi connectivity index (χ1n) is 4.87. The Labute approximate surface area is 94.3 Å². The van der Waals surface area contributed by atoms with E-state index in [1.807, 2.05) is 6.07 Å². The number of nitrogens with zero attached hydrogens (tertiary/aromatic N) is 3. The van der Waals surface area contributed by atoms with Gasteiger partial charge in [0.25, 0.3) is 0 Å². The van der Waals surface area contributed by atoms with Gasteiger partial charge in [0.2, 0.25) is 0 Å². The highest BCUT2D eigenvalue weighted by Gasteiger charge is 2.11. The van der Waals surface area contributed by atoms with Crippen molar-refractivity contribution in [3.63, 3.8) is 0 Å². The summed E-state index contributed by atoms with van der Waals surface area (Å²) in [6.45, 7) is 2.06. The third-order valence-electron chi connectivity index (χ3n) is 2.44. The highest BCUT2D eigenvalue weighted by molar-refractivity contribution is 5.33. The SMILES string of the molecule is CC(C#N)N(C)Cc1cc(C#N)ccc1F. The fourth-order valence-corrected chi connectivity index (χ4v) is 1.27. The van der Waals surface area contributed by atoms with E-state index in [0.717, 1.165) is 0 Å². The zero-order valence-electron chi connectivity index (χ0n) is 9.24. The van der Waals surface area contributed by atoms with Gasteiger partial charge in [-0.1, -0.05) is 0 Å². The van der Waals surface area contributed by atoms with Crippen LogP contribution in [0.25, 0.3) is 0 Å². The smallest absolute Gasteiger partial charge is 0.127 e. The van der Waals surface area contributed by atoms with Gasteiger partial charge in [-0.15, -0.1) is 0 Å². The predicted molar refractivity (Wildman–Crippen MR) is 57.7 cm³/mol. The molecule has 1 atom stereocenters. The van der Waals surface area contributed by atoms with Gasteiger partial charge < -0.3 is 0 Å². The Hall–Kier alpha value is -1.91. The minimum atomic E-state index is -0.351. The van der Waals surface area contributed by atoms with E-state index in [0.29, 0.717) is 17.7 Å². The second-order valence-corrected chi connectivity index (χ2v) is 3.64. The summed E-state index contributed by atoms with van der Waals surface area (Å²) in [4.78, 5) is 1.72. The third-order valence-corrected chi connectivity index (χ3v) is 2.44. The average Bonchev–Trinajstić information content (AvgIpc) is 2.30. The topological polar surface area (TPSA) is 50.8 Å². The number of benzene rings is 1. The molecule has 0 fully saturated rings. The van der Waals surface area contributed by atoms with Crippen molar-refractivity contribution in [3.8, 4) is 12.1 Å². The molecular formula is C12H12FN3. The molecule has 0 aliphatic heterocycles. The number of nitriles is 2. The van der Waals surface area contributed by atoms with Crippen LogP contribution in [-0.4, -0.2) is 18.0 Å². The molecule has 0 aliphatic carbocycles. The van der Waals surface area contributed by atoms with Crippen molar-refractivity contribution in [2.75, 3.05) is 7.05 Å². The van der Waals surface area contributed by atoms with Gasteiger partial charge in [0.05, 0.1) is 23.7 Å². The Morgan fingerprint density at radius 1 is 1.44 bits per heavy atom. The Balaban J connectivity index is 2.89. The molecule has 1 rings (SSSR count). The van der Waals surface area contributed by atoms with Crippen LogP contribution in [0.3, 0.4) is 0 Å². The van der Waals surface area contributed by atoms with Crippen LogP contribution in [0.1, 0.15) is 18.1 Å². The van der Waals surface area contributed by atoms with E-state index in [1.165, 1.54) is 18.2 Å². The summed E-state index contributed by atoms with van der Waals surface area (Å²) in [6, 6.07) is 7.97. The Morgan fingerprint density at radius 3 is 2.69 bits per heavy atom. The normalized spacial score (nSPS) is 11.9. The molecule has 0 aliphatic rings. The van der Waals surface area contributed by atoms with Crippen molar-refractivity contribution in [2.45, 2.75) is 19.5 Å². The molecule has 16 heavy (non-hydrogen) atoms. The van der Waals surface area contributed by atoms with Crippen molar-refractivity contribution >= 4 is 0 Å². The van der Waals surface area contributed by atoms with Crippen LogP contribution in [0.2, 0.25) is 0 Å². The minimum absolute atomic E-state index is 0.287. The lowest BCUT2D eigenvalue weighted by atomic mass is 10.1. The van der Waals surface area contributed by atoms with Gasteiger partial charge in [-0.2, -0.15) is 10.5 Å². The van der Waals surface area contributed by atoms with E-state index in [-0.39, 0.29) is 11.9 Å². The first-order valence-corrected chi connectivity index (χ1v) is 4.87. The Morgan fingerprint density at radius 2 is 2.12 bits per heavy atom. The van der Waals surface area contributed by atoms with Crippen LogP contribution in [0.15, 0.2) is 18.2 Å². The molecule has 0 amide bonds. The minimum Gasteiger partial charge on any atom is -0.287 e. The first kappa shape index (κ1) is 12.2. The maximum absolute atomic E-state index is 13.4. The second-order valence-electron chi connectivity index (χ2n) is 3.64. The van der Waals surface area contributed by atoms with E-state index in [2.05, 4.69) is 6.07 Å². The van der Waals surface area contributed by atoms with Crippen LogP contribution in [0.4, 0.5) is 4.39 Å². The zero-order chi connectivity index (χ0) is 12.1. The van der Waals surface area contributed by atoms with Crippen molar-refractivity contribution in [3.05, 3.63) is 35.1 Å². The molecule has 0 heterocycles. The van der Waals surface area contributed by atoms with Crippen molar-refractivity contribution in [1.29, 1.82) is 10.5 Å². The number of rotatable bonds is 3. The van der Waals surface area contributed by atoms with Gasteiger partial charge in [0.1, 0.15) is 5.82 Å². The lowest BCUT2D eigenvalue weighted by Gasteiger charge is -2.19. The van der Waals surface area contributed by atoms with Crippen LogP contribution in [0.5, 0.6) is 0 Å². The summed E-state index contributed by atoms with van der Waals surface area (Å²) in [5.41, 5.74) is 0.859. The van der Waals surface area contributed by atoms with Gasteiger partial charge in [0, 0.05) is 12.1 Å². The molecule has 0 bridgehead atoms. The van der Waals surface area contributed by atoms with Gasteiger partial charge in [-0.25, -0.2) is 4.39 Å². The summed E-state index contributed by atoms with van der Waals surface area (Å²) in [6.07, 6.45) is 0. The average molecular weight is 217 g/mol. The highest BCUT2D eigenvalue weighted by atomic mass is 19.1. The van der Waals surface area contributed by atoms with Crippen LogP contribution in [-0.2, 0) is 6.54 Å². The fourth-order valence-electron chi connectivity index (χ4n) is 1.27. The van der Waals surface area contributed by atoms with Crippen LogP contribution < -0.4 is 0 Å². The third kappa shape index (κ3) is 2.79. The summed E-state index contributed by atoms with van der Waals surface area (Å²) in [7, 11) is 1.74. The molecule has 0 aromatic heterocycles. The Bertz CT molecular complexity index is 456. The summed E-state index contributed by atoms with van der Waals surface area (Å²) < 4.78 is 13.4. The van der Waals surface area contributed by atoms with Gasteiger partial charge >= 0.3 is 0 Å². The van der Waals surface area contributed by atoms with Crippen LogP contribution in [0, 0.1) is 28.5 Å². The molecule has 3 nitrogen and oxygen atoms in total. The molecule has 1 aromatic rings. The zero-order valence-corrected chi connectivity index (χ0v) is 9.24. The monoisotopic (exact) mass is 217 g/mol. The van der Waals surface area contributed by atoms with Gasteiger partial charge in [0.15, 0.2) is 0 Å². The summed E-state index contributed by atoms with van der Waals surface area (Å²) in [5, 5.41) is 17.4. The molecule has 4 heteroatoms. The highest BCUT2D eigenvalue weighted by Crippen LogP contribution is 2.13. The molecule has 1 unspecified atom stereocenters. The summed E-state index contributed by atoms with van der Waals surface area (Å²) in [5.74, 6) is -0.351. The van der Waals surface area contributed by atoms with Crippen molar-refractivity contribution in [2.24, 2.45) is 0 Å². The molecule has 0 spiro atoms. The fraction of sp³-hybridized carbons (Fsp3) is 0.333. The molecule has 0 saturated carbocycles. The van der Waals surface area contributed by atoms with E-state index in [9.17, 15) is 4.39 Å². The maximum atomic E-state index is 13.4. The molecule has 0 radical (unpaired) electrons. The molecule has 0 N–H and O–H groups in total. The number of hydrogen-bond donors (Lipinski definition) is 0. The largest absolute Gasteiger partial charge is 0.287 e. The Kier molecular flexibility index (Phi) is 3.99. The molecule has 1 aromatic carbocycles. The van der Waals surface area contributed by atoms with Crippen molar-refractivity contribution < 1.29 is 4.39 Å². The summed E-state index contributed by atoms with van der Waals surface area (Å²) >= 11 is 0. The second kappa shape index (κ2) is 5.25. The first-order chi connectivity index (χ1) is 7.58. The number of halogens is 1. The molecule has 0 saturated heterocycles. The maximum Gasteiger partial charge on any atom is 0.127 e. The standard InChI is InChI=1S/C12H12FN3/c1-9(6-14)16(2)8-11-5-10(7-15)3-4-12(11)13/h3-5,9H,8H2,1-2H3. The molecule has 82 valence electrons. The lowest BCUT2D eigenvalue weighted by Crippen LogP contribution is -2.27. The quantitative estimate of drug-likeness (QED) is 0.778. The van der Waals surface area contributed by atoms with Gasteiger partial charge in [-0.3, -0.25) is 4.90 Å². The number of hydrogen-bond acceptors (Lipinski definition) is 3. The van der Waals surface area contributed by atoms with Crippen molar-refractivity contribution in [1.82, 2.24) is 4.90 Å². The van der Waals surface area contributed by atoms with E-state index in [4.69, 9.17) is 10.5 Å². The van der Waals surface area contributed by atoms with Gasteiger partial charge in [-0.05, 0) is 32.2 Å². The lowest BCUT2D eigenvalue weighted by molar-refractivity contribution is 0.290. The van der Waals surface area contributed by atoms with Crippen LogP contribution >= 0.6 is 0 Å². The predicted octanol–water partition coefficient (Wildman–Crippen LogP) is 2.04. The van der Waals surface area contributed by atoms with E-state index in [1.54, 1.807) is 18.9 Å². The van der Waals surface area contributed by atoms with E-state index >= 15 is 0 Å².